The van der Waals surface area contributed by atoms with Crippen molar-refractivity contribution in [2.45, 2.75) is 18.9 Å². The van der Waals surface area contributed by atoms with Gasteiger partial charge in [-0.1, -0.05) is 11.3 Å². The molecule has 0 aliphatic carbocycles. The van der Waals surface area contributed by atoms with Crippen LogP contribution in [0.25, 0.3) is 0 Å². The minimum atomic E-state index is -0.511. The predicted octanol–water partition coefficient (Wildman–Crippen LogP) is 1.78. The summed E-state index contributed by atoms with van der Waals surface area (Å²) in [4.78, 5) is 22.4. The number of nitro benzene ring substituents is 1. The first-order valence-electron chi connectivity index (χ1n) is 7.32. The van der Waals surface area contributed by atoms with Gasteiger partial charge in [-0.15, -0.1) is 17.5 Å². The number of rotatable bonds is 4. The Hall–Kier alpha value is -2.52. The van der Waals surface area contributed by atoms with Gasteiger partial charge in [-0.2, -0.15) is 0 Å². The number of nitro groups is 1. The maximum absolute atomic E-state index is 12.2. The van der Waals surface area contributed by atoms with Gasteiger partial charge < -0.3 is 10.6 Å². The fourth-order valence-electron chi connectivity index (χ4n) is 2.52. The first kappa shape index (κ1) is 17.8. The molecule has 1 fully saturated rings. The third kappa shape index (κ3) is 4.06. The molecule has 1 aliphatic rings. The molecule has 2 heterocycles. The molecule has 1 saturated heterocycles. The Balaban J connectivity index is 0.00000208. The lowest BCUT2D eigenvalue weighted by atomic mass is 10.1. The van der Waals surface area contributed by atoms with Crippen LogP contribution in [0.5, 0.6) is 0 Å². The molecule has 24 heavy (non-hydrogen) atoms. The molecule has 0 bridgehead atoms. The lowest BCUT2D eigenvalue weighted by Gasteiger charge is -2.22. The highest BCUT2D eigenvalue weighted by atomic mass is 35.5. The molecule has 10 heteroatoms. The molecular weight excluding hydrogens is 336 g/mol. The number of hydrogen-bond donors (Lipinski definition) is 2. The zero-order valence-electron chi connectivity index (χ0n) is 12.7. The number of carbonyl (C=O) groups excluding carboxylic acids is 1. The topological polar surface area (TPSA) is 115 Å². The Morgan fingerprint density at radius 2 is 2.12 bits per heavy atom. The standard InChI is InChI=1S/C14H16N6O3.ClH/c21-14(16-10-2-1-3-12(8-10)20(22)23)13-9-19(18-17-13)11-4-6-15-7-5-11;/h1-3,8-9,11,15H,4-7H2,(H,16,21);1H. The molecular formula is C14H17ClN6O3. The number of benzene rings is 1. The summed E-state index contributed by atoms with van der Waals surface area (Å²) in [5.74, 6) is -0.439. The minimum Gasteiger partial charge on any atom is -0.320 e. The van der Waals surface area contributed by atoms with Crippen LogP contribution in [0.1, 0.15) is 29.4 Å². The summed E-state index contributed by atoms with van der Waals surface area (Å²) in [6.45, 7) is 1.83. The van der Waals surface area contributed by atoms with Crippen molar-refractivity contribution in [1.29, 1.82) is 0 Å². The highest BCUT2D eigenvalue weighted by Gasteiger charge is 2.19. The summed E-state index contributed by atoms with van der Waals surface area (Å²) in [5, 5.41) is 24.5. The Morgan fingerprint density at radius 1 is 1.38 bits per heavy atom. The van der Waals surface area contributed by atoms with Crippen molar-refractivity contribution in [3.05, 3.63) is 46.3 Å². The normalized spacial score (nSPS) is 14.7. The first-order valence-corrected chi connectivity index (χ1v) is 7.32. The van der Waals surface area contributed by atoms with E-state index in [1.165, 1.54) is 18.2 Å². The summed E-state index contributed by atoms with van der Waals surface area (Å²) in [7, 11) is 0. The lowest BCUT2D eigenvalue weighted by molar-refractivity contribution is -0.384. The van der Waals surface area contributed by atoms with Gasteiger partial charge in [0.05, 0.1) is 17.2 Å². The minimum absolute atomic E-state index is 0. The van der Waals surface area contributed by atoms with E-state index in [2.05, 4.69) is 20.9 Å². The average molecular weight is 353 g/mol. The number of amides is 1. The molecule has 0 atom stereocenters. The van der Waals surface area contributed by atoms with E-state index in [9.17, 15) is 14.9 Å². The smallest absolute Gasteiger partial charge is 0.277 e. The van der Waals surface area contributed by atoms with E-state index in [1.807, 2.05) is 0 Å². The number of nitrogens with zero attached hydrogens (tertiary/aromatic N) is 4. The number of nitrogens with one attached hydrogen (secondary N) is 2. The molecule has 1 aromatic heterocycles. The average Bonchev–Trinajstić information content (AvgIpc) is 3.06. The number of anilines is 1. The molecule has 1 aromatic carbocycles. The quantitative estimate of drug-likeness (QED) is 0.640. The van der Waals surface area contributed by atoms with Gasteiger partial charge in [0.15, 0.2) is 5.69 Å². The fourth-order valence-corrected chi connectivity index (χ4v) is 2.52. The van der Waals surface area contributed by atoms with Gasteiger partial charge >= 0.3 is 0 Å². The van der Waals surface area contributed by atoms with Gasteiger partial charge in [0.1, 0.15) is 0 Å². The van der Waals surface area contributed by atoms with Gasteiger partial charge in [0.25, 0.3) is 11.6 Å². The van der Waals surface area contributed by atoms with Crippen molar-refractivity contribution in [2.75, 3.05) is 18.4 Å². The Bertz CT molecular complexity index is 729. The highest BCUT2D eigenvalue weighted by molar-refractivity contribution is 6.02. The maximum atomic E-state index is 12.2. The highest BCUT2D eigenvalue weighted by Crippen LogP contribution is 2.19. The van der Waals surface area contributed by atoms with Crippen molar-refractivity contribution in [2.24, 2.45) is 0 Å². The van der Waals surface area contributed by atoms with Crippen LogP contribution in [0.4, 0.5) is 11.4 Å². The maximum Gasteiger partial charge on any atom is 0.277 e. The number of aromatic nitrogens is 3. The Kier molecular flexibility index (Phi) is 5.83. The zero-order valence-corrected chi connectivity index (χ0v) is 13.5. The van der Waals surface area contributed by atoms with E-state index in [1.54, 1.807) is 16.9 Å². The second-order valence-electron chi connectivity index (χ2n) is 5.33. The summed E-state index contributed by atoms with van der Waals surface area (Å²) < 4.78 is 1.71. The van der Waals surface area contributed by atoms with Gasteiger partial charge in [0, 0.05) is 17.8 Å². The first-order chi connectivity index (χ1) is 11.1. The van der Waals surface area contributed by atoms with Crippen LogP contribution in [0.15, 0.2) is 30.5 Å². The molecule has 2 aromatic rings. The van der Waals surface area contributed by atoms with E-state index >= 15 is 0 Å². The molecule has 0 spiro atoms. The van der Waals surface area contributed by atoms with E-state index in [4.69, 9.17) is 0 Å². The predicted molar refractivity (Wildman–Crippen MR) is 89.5 cm³/mol. The van der Waals surface area contributed by atoms with Crippen molar-refractivity contribution in [3.63, 3.8) is 0 Å². The van der Waals surface area contributed by atoms with Crippen molar-refractivity contribution in [1.82, 2.24) is 20.3 Å². The van der Waals surface area contributed by atoms with Gasteiger partial charge in [0.2, 0.25) is 0 Å². The number of hydrogen-bond acceptors (Lipinski definition) is 6. The van der Waals surface area contributed by atoms with Crippen molar-refractivity contribution < 1.29 is 9.72 Å². The SMILES string of the molecule is Cl.O=C(Nc1cccc([N+](=O)[O-])c1)c1cn(C2CCNCC2)nn1. The number of non-ortho nitro benzene ring substituents is 1. The van der Waals surface area contributed by atoms with Crippen LogP contribution in [0.3, 0.4) is 0 Å². The summed E-state index contributed by atoms with van der Waals surface area (Å²) in [6.07, 6.45) is 3.49. The van der Waals surface area contributed by atoms with Crippen LogP contribution in [0, 0.1) is 10.1 Å². The van der Waals surface area contributed by atoms with Crippen LogP contribution in [0.2, 0.25) is 0 Å². The van der Waals surface area contributed by atoms with Crippen LogP contribution in [-0.4, -0.2) is 38.9 Å². The summed E-state index contributed by atoms with van der Waals surface area (Å²) in [6, 6.07) is 6.00. The fraction of sp³-hybridized carbons (Fsp3) is 0.357. The van der Waals surface area contributed by atoms with Crippen molar-refractivity contribution >= 4 is 29.7 Å². The van der Waals surface area contributed by atoms with Gasteiger partial charge in [-0.05, 0) is 32.0 Å². The lowest BCUT2D eigenvalue weighted by Crippen LogP contribution is -2.29. The molecule has 0 radical (unpaired) electrons. The van der Waals surface area contributed by atoms with Crippen molar-refractivity contribution in [3.8, 4) is 0 Å². The second-order valence-corrected chi connectivity index (χ2v) is 5.33. The molecule has 128 valence electrons. The van der Waals surface area contributed by atoms with Gasteiger partial charge in [-0.25, -0.2) is 4.68 Å². The molecule has 0 unspecified atom stereocenters. The third-order valence-corrected chi connectivity index (χ3v) is 3.74. The molecule has 3 rings (SSSR count). The Labute approximate surface area is 144 Å². The number of carbonyl (C=O) groups is 1. The van der Waals surface area contributed by atoms with Crippen LogP contribution in [-0.2, 0) is 0 Å². The van der Waals surface area contributed by atoms with E-state index in [0.29, 0.717) is 5.69 Å². The zero-order chi connectivity index (χ0) is 16.2. The molecule has 2 N–H and O–H groups in total. The molecule has 9 nitrogen and oxygen atoms in total. The third-order valence-electron chi connectivity index (χ3n) is 3.74. The van der Waals surface area contributed by atoms with Crippen LogP contribution < -0.4 is 10.6 Å². The summed E-state index contributed by atoms with van der Waals surface area (Å²) in [5.41, 5.74) is 0.455. The molecule has 1 aliphatic heterocycles. The monoisotopic (exact) mass is 352 g/mol. The van der Waals surface area contributed by atoms with E-state index in [-0.39, 0.29) is 29.8 Å². The number of piperidine rings is 1. The molecule has 0 saturated carbocycles. The second kappa shape index (κ2) is 7.84. The summed E-state index contributed by atoms with van der Waals surface area (Å²) >= 11 is 0. The number of halogens is 1. The van der Waals surface area contributed by atoms with E-state index in [0.717, 1.165) is 25.9 Å². The van der Waals surface area contributed by atoms with E-state index < -0.39 is 10.8 Å². The molecule has 1 amide bonds. The largest absolute Gasteiger partial charge is 0.320 e. The Morgan fingerprint density at radius 3 is 2.83 bits per heavy atom. The van der Waals surface area contributed by atoms with Gasteiger partial charge in [-0.3, -0.25) is 14.9 Å². The van der Waals surface area contributed by atoms with Crippen LogP contribution >= 0.6 is 12.4 Å².